The van der Waals surface area contributed by atoms with E-state index in [0.717, 1.165) is 33.4 Å². The lowest BCUT2D eigenvalue weighted by molar-refractivity contribution is 0.0977. The summed E-state index contributed by atoms with van der Waals surface area (Å²) in [4.78, 5) is 13.1. The molecule has 4 rings (SSSR count). The van der Waals surface area contributed by atoms with Crippen LogP contribution in [-0.4, -0.2) is 37.4 Å². The van der Waals surface area contributed by atoms with Crippen LogP contribution in [0.1, 0.15) is 23.7 Å². The van der Waals surface area contributed by atoms with Crippen molar-refractivity contribution in [3.8, 4) is 16.3 Å². The Labute approximate surface area is 181 Å². The molecule has 2 aromatic carbocycles. The molecule has 0 saturated carbocycles. The van der Waals surface area contributed by atoms with Crippen LogP contribution in [-0.2, 0) is 0 Å². The molecule has 10 heteroatoms. The average Bonchev–Trinajstić information content (AvgIpc) is 3.35. The topological polar surface area (TPSA) is 93.4 Å². The van der Waals surface area contributed by atoms with E-state index in [1.165, 1.54) is 11.3 Å². The van der Waals surface area contributed by atoms with Crippen molar-refractivity contribution < 1.29 is 9.53 Å². The molecule has 4 aromatic rings. The number of aromatic nitrogens is 4. The lowest BCUT2D eigenvalue weighted by Crippen LogP contribution is -2.34. The molecule has 0 spiro atoms. The zero-order valence-electron chi connectivity index (χ0n) is 16.0. The Hall–Kier alpha value is -3.37. The van der Waals surface area contributed by atoms with Gasteiger partial charge in [0.05, 0.1) is 6.61 Å². The molecule has 0 atom stereocenters. The molecule has 0 saturated heterocycles. The van der Waals surface area contributed by atoms with Crippen LogP contribution in [0.15, 0.2) is 54.9 Å². The maximum Gasteiger partial charge on any atom is 0.257 e. The maximum atomic E-state index is 12.4. The first-order chi connectivity index (χ1) is 14.6. The summed E-state index contributed by atoms with van der Waals surface area (Å²) in [6, 6.07) is 14.5. The predicted molar refractivity (Wildman–Crippen MR) is 120 cm³/mol. The fourth-order valence-corrected chi connectivity index (χ4v) is 3.67. The van der Waals surface area contributed by atoms with E-state index in [4.69, 9.17) is 17.0 Å². The predicted octanol–water partition coefficient (Wildman–Crippen LogP) is 3.77. The summed E-state index contributed by atoms with van der Waals surface area (Å²) >= 11 is 6.71. The van der Waals surface area contributed by atoms with Crippen LogP contribution in [0.2, 0.25) is 0 Å². The van der Waals surface area contributed by atoms with Crippen molar-refractivity contribution in [3.63, 3.8) is 0 Å². The van der Waals surface area contributed by atoms with E-state index >= 15 is 0 Å². The number of hydrogen-bond acceptors (Lipinski definition) is 7. The molecular formula is C20H18N6O2S2. The molecule has 0 unspecified atom stereocenters. The molecule has 1 amide bonds. The second-order valence-corrected chi connectivity index (χ2v) is 7.69. The number of ether oxygens (including phenoxy) is 1. The van der Waals surface area contributed by atoms with Crippen molar-refractivity contribution in [2.24, 2.45) is 0 Å². The molecule has 2 heterocycles. The van der Waals surface area contributed by atoms with E-state index in [0.29, 0.717) is 12.2 Å². The van der Waals surface area contributed by atoms with E-state index in [1.807, 2.05) is 31.2 Å². The zero-order chi connectivity index (χ0) is 20.9. The highest BCUT2D eigenvalue weighted by Gasteiger charge is 2.10. The van der Waals surface area contributed by atoms with Crippen LogP contribution in [0.25, 0.3) is 15.5 Å². The highest BCUT2D eigenvalue weighted by molar-refractivity contribution is 7.80. The minimum atomic E-state index is -0.286. The van der Waals surface area contributed by atoms with Gasteiger partial charge in [-0.2, -0.15) is 9.61 Å². The molecule has 0 aliphatic heterocycles. The van der Waals surface area contributed by atoms with Crippen LogP contribution in [0, 0.1) is 0 Å². The first kappa shape index (κ1) is 19.9. The van der Waals surface area contributed by atoms with Gasteiger partial charge in [-0.15, -0.1) is 10.2 Å². The zero-order valence-corrected chi connectivity index (χ0v) is 17.7. The van der Waals surface area contributed by atoms with Crippen LogP contribution < -0.4 is 15.4 Å². The van der Waals surface area contributed by atoms with Crippen molar-refractivity contribution in [3.05, 3.63) is 60.4 Å². The highest BCUT2D eigenvalue weighted by atomic mass is 32.1. The number of rotatable bonds is 6. The Morgan fingerprint density at radius 2 is 1.93 bits per heavy atom. The summed E-state index contributed by atoms with van der Waals surface area (Å²) in [6.07, 6.45) is 2.50. The fraction of sp³-hybridized carbons (Fsp3) is 0.150. The van der Waals surface area contributed by atoms with Gasteiger partial charge in [0.15, 0.2) is 5.11 Å². The molecule has 0 radical (unpaired) electrons. The summed E-state index contributed by atoms with van der Waals surface area (Å²) in [7, 11) is 0. The fourth-order valence-electron chi connectivity index (χ4n) is 2.63. The van der Waals surface area contributed by atoms with Gasteiger partial charge < -0.3 is 10.1 Å². The van der Waals surface area contributed by atoms with E-state index < -0.39 is 0 Å². The van der Waals surface area contributed by atoms with Crippen LogP contribution in [0.3, 0.4) is 0 Å². The standard InChI is InChI=1S/C20H18N6O2S2/c1-2-11-28-16-9-5-13(6-10-16)17(27)23-19(29)22-15-7-3-14(4-8-15)18-25-26-12-21-24-20(26)30-18/h3-10,12H,2,11H2,1H3,(H2,22,23,27,29). The van der Waals surface area contributed by atoms with Crippen LogP contribution in [0.5, 0.6) is 5.75 Å². The Kier molecular flexibility index (Phi) is 5.96. The van der Waals surface area contributed by atoms with E-state index in [1.54, 1.807) is 35.1 Å². The first-order valence-corrected chi connectivity index (χ1v) is 10.5. The van der Waals surface area contributed by atoms with Gasteiger partial charge >= 0.3 is 0 Å². The largest absolute Gasteiger partial charge is 0.494 e. The number of hydrogen-bond donors (Lipinski definition) is 2. The Morgan fingerprint density at radius 3 is 2.63 bits per heavy atom. The van der Waals surface area contributed by atoms with Crippen molar-refractivity contribution in [1.29, 1.82) is 0 Å². The van der Waals surface area contributed by atoms with Gasteiger partial charge in [0.1, 0.15) is 17.1 Å². The molecule has 0 aliphatic carbocycles. The van der Waals surface area contributed by atoms with Gasteiger partial charge in [0.25, 0.3) is 5.91 Å². The number of nitrogens with one attached hydrogen (secondary N) is 2. The number of amides is 1. The van der Waals surface area contributed by atoms with E-state index in [2.05, 4.69) is 25.9 Å². The average molecular weight is 439 g/mol. The number of thiocarbonyl (C=S) groups is 1. The molecule has 2 N–H and O–H groups in total. The molecule has 2 aromatic heterocycles. The number of benzene rings is 2. The Morgan fingerprint density at radius 1 is 1.17 bits per heavy atom. The second kappa shape index (κ2) is 8.97. The van der Waals surface area contributed by atoms with Gasteiger partial charge in [-0.05, 0) is 67.2 Å². The lowest BCUT2D eigenvalue weighted by atomic mass is 10.2. The third-order valence-corrected chi connectivity index (χ3v) is 5.26. The molecule has 0 aliphatic rings. The van der Waals surface area contributed by atoms with Gasteiger partial charge in [-0.1, -0.05) is 18.3 Å². The summed E-state index contributed by atoms with van der Waals surface area (Å²) in [5.41, 5.74) is 2.22. The molecule has 0 fully saturated rings. The summed E-state index contributed by atoms with van der Waals surface area (Å²) in [5, 5.41) is 19.0. The number of carbonyl (C=O) groups is 1. The second-order valence-electron chi connectivity index (χ2n) is 6.32. The molecular weight excluding hydrogens is 420 g/mol. The third kappa shape index (κ3) is 4.61. The Bertz CT molecular complexity index is 1140. The molecule has 0 bridgehead atoms. The molecule has 30 heavy (non-hydrogen) atoms. The van der Waals surface area contributed by atoms with Crippen molar-refractivity contribution >= 4 is 45.2 Å². The van der Waals surface area contributed by atoms with Crippen molar-refractivity contribution in [2.75, 3.05) is 11.9 Å². The van der Waals surface area contributed by atoms with Crippen LogP contribution >= 0.6 is 23.6 Å². The van der Waals surface area contributed by atoms with Gasteiger partial charge in [0.2, 0.25) is 4.96 Å². The maximum absolute atomic E-state index is 12.4. The number of anilines is 1. The van der Waals surface area contributed by atoms with E-state index in [-0.39, 0.29) is 11.0 Å². The monoisotopic (exact) mass is 438 g/mol. The van der Waals surface area contributed by atoms with E-state index in [9.17, 15) is 4.79 Å². The van der Waals surface area contributed by atoms with Gasteiger partial charge in [0, 0.05) is 16.8 Å². The summed E-state index contributed by atoms with van der Waals surface area (Å²) in [6.45, 7) is 2.68. The Balaban J connectivity index is 1.34. The smallest absolute Gasteiger partial charge is 0.257 e. The van der Waals surface area contributed by atoms with Crippen LogP contribution in [0.4, 0.5) is 5.69 Å². The molecule has 152 valence electrons. The van der Waals surface area contributed by atoms with Crippen molar-refractivity contribution in [1.82, 2.24) is 25.1 Å². The summed E-state index contributed by atoms with van der Waals surface area (Å²) < 4.78 is 7.16. The number of fused-ring (bicyclic) bond motifs is 1. The summed E-state index contributed by atoms with van der Waals surface area (Å²) in [5.74, 6) is 0.449. The van der Waals surface area contributed by atoms with Crippen molar-refractivity contribution in [2.45, 2.75) is 13.3 Å². The lowest BCUT2D eigenvalue weighted by Gasteiger charge is -2.10. The SMILES string of the molecule is CCCOc1ccc(C(=O)NC(=S)Nc2ccc(-c3nn4cnnc4s3)cc2)cc1. The highest BCUT2D eigenvalue weighted by Crippen LogP contribution is 2.25. The minimum absolute atomic E-state index is 0.220. The normalized spacial score (nSPS) is 10.7. The van der Waals surface area contributed by atoms with Gasteiger partial charge in [-0.3, -0.25) is 10.1 Å². The number of carbonyl (C=O) groups excluding carboxylic acids is 1. The quantitative estimate of drug-likeness (QED) is 0.443. The first-order valence-electron chi connectivity index (χ1n) is 9.25. The van der Waals surface area contributed by atoms with Gasteiger partial charge in [-0.25, -0.2) is 0 Å². The third-order valence-electron chi connectivity index (χ3n) is 4.09. The molecule has 8 nitrogen and oxygen atoms in total. The minimum Gasteiger partial charge on any atom is -0.494 e. The number of nitrogens with zero attached hydrogens (tertiary/aromatic N) is 4.